The molecule has 84 valence electrons. The van der Waals surface area contributed by atoms with E-state index in [2.05, 4.69) is 10.2 Å². The summed E-state index contributed by atoms with van der Waals surface area (Å²) in [6.45, 7) is 0. The predicted molar refractivity (Wildman–Crippen MR) is 61.5 cm³/mol. The van der Waals surface area contributed by atoms with E-state index in [0.29, 0.717) is 5.82 Å². The lowest BCUT2D eigenvalue weighted by atomic mass is 10.1. The van der Waals surface area contributed by atoms with Crippen LogP contribution in [0.2, 0.25) is 0 Å². The number of anilines is 1. The fourth-order valence-electron chi connectivity index (χ4n) is 1.50. The molecule has 5 heteroatoms. The SMILES string of the molecule is COc1ccc(OC)c(-c2cc(N)n[nH]2)c1. The van der Waals surface area contributed by atoms with Crippen LogP contribution in [0.3, 0.4) is 0 Å². The highest BCUT2D eigenvalue weighted by molar-refractivity contribution is 5.70. The summed E-state index contributed by atoms with van der Waals surface area (Å²) >= 11 is 0. The maximum atomic E-state index is 5.56. The highest BCUT2D eigenvalue weighted by Crippen LogP contribution is 2.32. The van der Waals surface area contributed by atoms with Crippen molar-refractivity contribution in [2.24, 2.45) is 0 Å². The number of nitrogens with two attached hydrogens (primary N) is 1. The quantitative estimate of drug-likeness (QED) is 0.823. The van der Waals surface area contributed by atoms with Crippen molar-refractivity contribution in [3.63, 3.8) is 0 Å². The molecule has 0 aliphatic rings. The molecule has 0 aliphatic carbocycles. The van der Waals surface area contributed by atoms with Crippen molar-refractivity contribution in [1.82, 2.24) is 10.2 Å². The van der Waals surface area contributed by atoms with E-state index in [4.69, 9.17) is 15.2 Å². The average Bonchev–Trinajstić information content (AvgIpc) is 2.75. The Labute approximate surface area is 93.2 Å². The summed E-state index contributed by atoms with van der Waals surface area (Å²) in [5, 5.41) is 6.72. The van der Waals surface area contributed by atoms with E-state index in [1.165, 1.54) is 0 Å². The fraction of sp³-hybridized carbons (Fsp3) is 0.182. The predicted octanol–water partition coefficient (Wildman–Crippen LogP) is 1.68. The molecule has 0 amide bonds. The molecule has 0 spiro atoms. The van der Waals surface area contributed by atoms with Gasteiger partial charge in [-0.25, -0.2) is 0 Å². The summed E-state index contributed by atoms with van der Waals surface area (Å²) in [5.41, 5.74) is 7.23. The first-order chi connectivity index (χ1) is 7.74. The summed E-state index contributed by atoms with van der Waals surface area (Å²) in [6.07, 6.45) is 0. The van der Waals surface area contributed by atoms with Crippen LogP contribution in [0.5, 0.6) is 11.5 Å². The van der Waals surface area contributed by atoms with Gasteiger partial charge in [-0.3, -0.25) is 5.10 Å². The molecule has 0 radical (unpaired) electrons. The van der Waals surface area contributed by atoms with Gasteiger partial charge >= 0.3 is 0 Å². The smallest absolute Gasteiger partial charge is 0.145 e. The van der Waals surface area contributed by atoms with Gasteiger partial charge in [-0.2, -0.15) is 5.10 Å². The van der Waals surface area contributed by atoms with Crippen LogP contribution in [-0.2, 0) is 0 Å². The number of rotatable bonds is 3. The molecule has 5 nitrogen and oxygen atoms in total. The second-order valence-corrected chi connectivity index (χ2v) is 3.27. The Morgan fingerprint density at radius 2 is 2.00 bits per heavy atom. The minimum absolute atomic E-state index is 0.444. The molecule has 0 fully saturated rings. The lowest BCUT2D eigenvalue weighted by Gasteiger charge is -2.08. The molecule has 16 heavy (non-hydrogen) atoms. The number of aromatic amines is 1. The third-order valence-corrected chi connectivity index (χ3v) is 2.29. The van der Waals surface area contributed by atoms with Crippen LogP contribution in [0.4, 0.5) is 5.82 Å². The Morgan fingerprint density at radius 3 is 2.56 bits per heavy atom. The minimum Gasteiger partial charge on any atom is -0.497 e. The minimum atomic E-state index is 0.444. The number of ether oxygens (including phenoxy) is 2. The van der Waals surface area contributed by atoms with Gasteiger partial charge in [0.25, 0.3) is 0 Å². The first kappa shape index (κ1) is 10.4. The van der Waals surface area contributed by atoms with Gasteiger partial charge in [0, 0.05) is 11.6 Å². The maximum absolute atomic E-state index is 5.56. The van der Waals surface area contributed by atoms with Crippen molar-refractivity contribution in [3.05, 3.63) is 24.3 Å². The number of methoxy groups -OCH3 is 2. The second kappa shape index (κ2) is 4.14. The highest BCUT2D eigenvalue weighted by atomic mass is 16.5. The molecule has 2 rings (SSSR count). The van der Waals surface area contributed by atoms with Crippen LogP contribution in [0.15, 0.2) is 24.3 Å². The van der Waals surface area contributed by atoms with Gasteiger partial charge in [-0.15, -0.1) is 0 Å². The van der Waals surface area contributed by atoms with E-state index in [-0.39, 0.29) is 0 Å². The van der Waals surface area contributed by atoms with Gasteiger partial charge in [0.2, 0.25) is 0 Å². The first-order valence-electron chi connectivity index (χ1n) is 4.78. The lowest BCUT2D eigenvalue weighted by molar-refractivity contribution is 0.404. The second-order valence-electron chi connectivity index (χ2n) is 3.27. The Morgan fingerprint density at radius 1 is 1.19 bits per heavy atom. The molecule has 0 bridgehead atoms. The van der Waals surface area contributed by atoms with Crippen LogP contribution in [-0.4, -0.2) is 24.4 Å². The fourth-order valence-corrected chi connectivity index (χ4v) is 1.50. The van der Waals surface area contributed by atoms with Crippen LogP contribution in [0.1, 0.15) is 0 Å². The van der Waals surface area contributed by atoms with E-state index in [1.807, 2.05) is 18.2 Å². The van der Waals surface area contributed by atoms with Crippen LogP contribution < -0.4 is 15.2 Å². The standard InChI is InChI=1S/C11H13N3O2/c1-15-7-3-4-10(16-2)8(5-7)9-6-11(12)14-13-9/h3-6H,1-2H3,(H3,12,13,14). The number of aromatic nitrogens is 2. The summed E-state index contributed by atoms with van der Waals surface area (Å²) in [6, 6.07) is 7.29. The van der Waals surface area contributed by atoms with Gasteiger partial charge in [-0.05, 0) is 18.2 Å². The normalized spacial score (nSPS) is 10.1. The van der Waals surface area contributed by atoms with Crippen molar-refractivity contribution in [2.45, 2.75) is 0 Å². The first-order valence-corrected chi connectivity index (χ1v) is 4.78. The molecular weight excluding hydrogens is 206 g/mol. The van der Waals surface area contributed by atoms with Crippen molar-refractivity contribution < 1.29 is 9.47 Å². The van der Waals surface area contributed by atoms with E-state index >= 15 is 0 Å². The number of benzene rings is 1. The topological polar surface area (TPSA) is 73.2 Å². The zero-order valence-corrected chi connectivity index (χ0v) is 9.15. The number of nitrogen functional groups attached to an aromatic ring is 1. The number of hydrogen-bond acceptors (Lipinski definition) is 4. The zero-order valence-electron chi connectivity index (χ0n) is 9.15. The van der Waals surface area contributed by atoms with Crippen LogP contribution >= 0.6 is 0 Å². The molecule has 3 N–H and O–H groups in total. The molecule has 2 aromatic rings. The van der Waals surface area contributed by atoms with E-state index < -0.39 is 0 Å². The van der Waals surface area contributed by atoms with Crippen LogP contribution in [0.25, 0.3) is 11.3 Å². The third kappa shape index (κ3) is 1.79. The van der Waals surface area contributed by atoms with Crippen molar-refractivity contribution in [1.29, 1.82) is 0 Å². The maximum Gasteiger partial charge on any atom is 0.145 e. The molecule has 0 aliphatic heterocycles. The summed E-state index contributed by atoms with van der Waals surface area (Å²) in [7, 11) is 3.23. The lowest BCUT2D eigenvalue weighted by Crippen LogP contribution is -1.90. The number of nitrogens with one attached hydrogen (secondary N) is 1. The molecule has 1 heterocycles. The molecule has 1 aromatic heterocycles. The summed E-state index contributed by atoms with van der Waals surface area (Å²) in [4.78, 5) is 0. The monoisotopic (exact) mass is 219 g/mol. The van der Waals surface area contributed by atoms with Gasteiger partial charge in [0.15, 0.2) is 0 Å². The molecule has 1 aromatic carbocycles. The highest BCUT2D eigenvalue weighted by Gasteiger charge is 2.09. The number of nitrogens with zero attached hydrogens (tertiary/aromatic N) is 1. The van der Waals surface area contributed by atoms with Crippen LogP contribution in [0, 0.1) is 0 Å². The van der Waals surface area contributed by atoms with Crippen molar-refractivity contribution >= 4 is 5.82 Å². The van der Waals surface area contributed by atoms with E-state index in [9.17, 15) is 0 Å². The van der Waals surface area contributed by atoms with E-state index in [0.717, 1.165) is 22.8 Å². The van der Waals surface area contributed by atoms with E-state index in [1.54, 1.807) is 20.3 Å². The number of H-pyrrole nitrogens is 1. The summed E-state index contributed by atoms with van der Waals surface area (Å²) in [5.74, 6) is 1.94. The molecule has 0 saturated carbocycles. The van der Waals surface area contributed by atoms with Gasteiger partial charge in [-0.1, -0.05) is 0 Å². The van der Waals surface area contributed by atoms with Gasteiger partial charge < -0.3 is 15.2 Å². The largest absolute Gasteiger partial charge is 0.497 e. The number of hydrogen-bond donors (Lipinski definition) is 2. The zero-order chi connectivity index (χ0) is 11.5. The molecule has 0 atom stereocenters. The van der Waals surface area contributed by atoms with Gasteiger partial charge in [0.1, 0.15) is 17.3 Å². The average molecular weight is 219 g/mol. The summed E-state index contributed by atoms with van der Waals surface area (Å²) < 4.78 is 10.4. The molecular formula is C11H13N3O2. The Hall–Kier alpha value is -2.17. The molecule has 0 unspecified atom stereocenters. The van der Waals surface area contributed by atoms with Gasteiger partial charge in [0.05, 0.1) is 19.9 Å². The van der Waals surface area contributed by atoms with Crippen molar-refractivity contribution in [3.8, 4) is 22.8 Å². The Balaban J connectivity index is 2.52. The Bertz CT molecular complexity index is 494. The van der Waals surface area contributed by atoms with Crippen molar-refractivity contribution in [2.75, 3.05) is 20.0 Å². The third-order valence-electron chi connectivity index (χ3n) is 2.29. The molecule has 0 saturated heterocycles. The Kier molecular flexibility index (Phi) is 2.68.